The maximum atomic E-state index is 13.1. The average Bonchev–Trinajstić information content (AvgIpc) is 3.09. The molecule has 0 radical (unpaired) electrons. The summed E-state index contributed by atoms with van der Waals surface area (Å²) in [6.45, 7) is 1.87. The van der Waals surface area contributed by atoms with Gasteiger partial charge in [0.15, 0.2) is 0 Å². The highest BCUT2D eigenvalue weighted by atomic mass is 35.5. The van der Waals surface area contributed by atoms with Crippen molar-refractivity contribution in [3.63, 3.8) is 0 Å². The van der Waals surface area contributed by atoms with E-state index >= 15 is 0 Å². The summed E-state index contributed by atoms with van der Waals surface area (Å²) < 4.78 is 19.0. The lowest BCUT2D eigenvalue weighted by Crippen LogP contribution is -2.20. The lowest BCUT2D eigenvalue weighted by molar-refractivity contribution is 0.313. The zero-order valence-corrected chi connectivity index (χ0v) is 16.6. The maximum absolute atomic E-state index is 13.1. The third-order valence-corrected chi connectivity index (χ3v) is 4.68. The van der Waals surface area contributed by atoms with Crippen LogP contribution in [-0.2, 0) is 13.0 Å². The van der Waals surface area contributed by atoms with Crippen LogP contribution in [0.4, 0.5) is 4.39 Å². The predicted molar refractivity (Wildman–Crippen MR) is 115 cm³/mol. The second-order valence-corrected chi connectivity index (χ2v) is 6.76. The molecule has 0 amide bonds. The largest absolute Gasteiger partial charge is 0.512 e. The second kappa shape index (κ2) is 9.54. The highest BCUT2D eigenvalue weighted by Gasteiger charge is 2.15. The number of hydrogen-bond acceptors (Lipinski definition) is 4. The molecule has 3 aromatic rings. The fourth-order valence-corrected chi connectivity index (χ4v) is 3.30. The topological polar surface area (TPSA) is 54.4 Å². The number of nitrogens with zero attached hydrogens (tertiary/aromatic N) is 1. The smallest absolute Gasteiger partial charge is 0.126 e. The molecule has 0 unspecified atom stereocenters. The van der Waals surface area contributed by atoms with E-state index in [1.54, 1.807) is 24.4 Å². The lowest BCUT2D eigenvalue weighted by Gasteiger charge is -2.11. The van der Waals surface area contributed by atoms with Crippen molar-refractivity contribution in [2.24, 2.45) is 0 Å². The van der Waals surface area contributed by atoms with Crippen LogP contribution in [0.15, 0.2) is 66.7 Å². The Morgan fingerprint density at radius 1 is 1.07 bits per heavy atom. The van der Waals surface area contributed by atoms with Crippen LogP contribution in [0.25, 0.3) is 17.2 Å². The highest BCUT2D eigenvalue weighted by Crippen LogP contribution is 2.31. The molecular formula is C23H22ClFN2O2. The third kappa shape index (κ3) is 5.13. The molecule has 29 heavy (non-hydrogen) atoms. The Labute approximate surface area is 175 Å². The van der Waals surface area contributed by atoms with Crippen LogP contribution < -0.4 is 10.1 Å². The van der Waals surface area contributed by atoms with Crippen LogP contribution in [0.3, 0.4) is 0 Å². The monoisotopic (exact) mass is 412 g/mol. The van der Waals surface area contributed by atoms with Crippen LogP contribution in [0.5, 0.6) is 5.75 Å². The quantitative estimate of drug-likeness (QED) is 0.540. The van der Waals surface area contributed by atoms with E-state index < -0.39 is 0 Å². The number of halogens is 2. The van der Waals surface area contributed by atoms with Gasteiger partial charge in [-0.3, -0.25) is 4.98 Å². The molecule has 4 nitrogen and oxygen atoms in total. The van der Waals surface area contributed by atoms with Gasteiger partial charge in [0.05, 0.1) is 5.76 Å². The fourth-order valence-electron chi connectivity index (χ4n) is 3.30. The first kappa shape index (κ1) is 20.8. The molecule has 6 heteroatoms. The molecule has 2 N–H and O–H groups in total. The van der Waals surface area contributed by atoms with E-state index in [9.17, 15) is 9.50 Å². The molecule has 4 rings (SSSR count). The van der Waals surface area contributed by atoms with Crippen molar-refractivity contribution in [2.45, 2.75) is 13.0 Å². The van der Waals surface area contributed by atoms with Crippen LogP contribution >= 0.6 is 12.4 Å². The molecule has 0 saturated heterocycles. The summed E-state index contributed by atoms with van der Waals surface area (Å²) in [4.78, 5) is 4.28. The van der Waals surface area contributed by atoms with Gasteiger partial charge in [0.25, 0.3) is 0 Å². The van der Waals surface area contributed by atoms with Crippen LogP contribution in [0.2, 0.25) is 0 Å². The number of hydrogen-bond donors (Lipinski definition) is 2. The van der Waals surface area contributed by atoms with E-state index in [0.29, 0.717) is 31.9 Å². The summed E-state index contributed by atoms with van der Waals surface area (Å²) in [5, 5.41) is 13.0. The van der Waals surface area contributed by atoms with Gasteiger partial charge in [-0.25, -0.2) is 4.39 Å². The Bertz CT molecular complexity index is 1010. The molecule has 0 fully saturated rings. The number of rotatable bonds is 7. The zero-order chi connectivity index (χ0) is 19.3. The van der Waals surface area contributed by atoms with Crippen molar-refractivity contribution in [1.29, 1.82) is 0 Å². The molecule has 0 spiro atoms. The Kier molecular flexibility index (Phi) is 6.86. The number of aliphatic hydroxyl groups is 1. The number of aliphatic hydroxyl groups excluding tert-OH is 1. The van der Waals surface area contributed by atoms with Gasteiger partial charge in [-0.05, 0) is 47.0 Å². The van der Waals surface area contributed by atoms with Crippen molar-refractivity contribution in [2.75, 3.05) is 13.2 Å². The SMILES string of the molecule is Cl.OC1=Cc2c(cccc2OCCNCc2cncc(-c3ccc(F)cc3)c2)C1. The van der Waals surface area contributed by atoms with Gasteiger partial charge < -0.3 is 15.2 Å². The first-order valence-corrected chi connectivity index (χ1v) is 9.24. The van der Waals surface area contributed by atoms with E-state index in [-0.39, 0.29) is 18.2 Å². The predicted octanol–water partition coefficient (Wildman–Crippen LogP) is 4.93. The average molecular weight is 413 g/mol. The summed E-state index contributed by atoms with van der Waals surface area (Å²) in [5.74, 6) is 0.922. The van der Waals surface area contributed by atoms with Crippen LogP contribution in [-0.4, -0.2) is 23.2 Å². The van der Waals surface area contributed by atoms with E-state index in [0.717, 1.165) is 33.6 Å². The zero-order valence-electron chi connectivity index (χ0n) is 15.8. The standard InChI is InChI=1S/C23H21FN2O2.ClH/c24-20-6-4-17(5-7-20)19-10-16(14-26-15-19)13-25-8-9-28-23-3-1-2-18-11-21(27)12-22(18)23;/h1-7,10,12,14-15,25,27H,8-9,11,13H2;1H. The molecule has 1 heterocycles. The summed E-state index contributed by atoms with van der Waals surface area (Å²) in [6, 6.07) is 14.3. The van der Waals surface area contributed by atoms with Gasteiger partial charge in [0.2, 0.25) is 0 Å². The lowest BCUT2D eigenvalue weighted by atomic mass is 10.1. The van der Waals surface area contributed by atoms with Crippen LogP contribution in [0, 0.1) is 5.82 Å². The Morgan fingerprint density at radius 3 is 2.72 bits per heavy atom. The number of benzene rings is 2. The normalized spacial score (nSPS) is 12.1. The van der Waals surface area contributed by atoms with Crippen molar-refractivity contribution >= 4 is 18.5 Å². The molecule has 1 aromatic heterocycles. The first-order chi connectivity index (χ1) is 13.7. The molecule has 2 aromatic carbocycles. The summed E-state index contributed by atoms with van der Waals surface area (Å²) in [7, 11) is 0. The van der Waals surface area contributed by atoms with Gasteiger partial charge in [0, 0.05) is 43.0 Å². The van der Waals surface area contributed by atoms with Gasteiger partial charge in [-0.15, -0.1) is 12.4 Å². The maximum Gasteiger partial charge on any atom is 0.126 e. The fraction of sp³-hybridized carbons (Fsp3) is 0.174. The number of aromatic nitrogens is 1. The minimum absolute atomic E-state index is 0. The molecule has 0 bridgehead atoms. The number of fused-ring (bicyclic) bond motifs is 1. The number of pyridine rings is 1. The molecule has 0 atom stereocenters. The molecular weight excluding hydrogens is 391 g/mol. The summed E-state index contributed by atoms with van der Waals surface area (Å²) >= 11 is 0. The Morgan fingerprint density at radius 2 is 1.90 bits per heavy atom. The molecule has 1 aliphatic rings. The molecule has 0 aliphatic heterocycles. The second-order valence-electron chi connectivity index (χ2n) is 6.76. The van der Waals surface area contributed by atoms with E-state index in [1.165, 1.54) is 12.1 Å². The first-order valence-electron chi connectivity index (χ1n) is 9.24. The van der Waals surface area contributed by atoms with Crippen molar-refractivity contribution in [1.82, 2.24) is 10.3 Å². The Balaban J connectivity index is 0.00000240. The van der Waals surface area contributed by atoms with Gasteiger partial charge >= 0.3 is 0 Å². The van der Waals surface area contributed by atoms with Crippen molar-refractivity contribution < 1.29 is 14.2 Å². The summed E-state index contributed by atoms with van der Waals surface area (Å²) in [5.41, 5.74) is 5.01. The minimum atomic E-state index is -0.246. The van der Waals surface area contributed by atoms with Gasteiger partial charge in [-0.1, -0.05) is 24.3 Å². The van der Waals surface area contributed by atoms with Crippen molar-refractivity contribution in [3.8, 4) is 16.9 Å². The number of allylic oxidation sites excluding steroid dienone is 1. The molecule has 1 aliphatic carbocycles. The summed E-state index contributed by atoms with van der Waals surface area (Å²) in [6.07, 6.45) is 5.93. The van der Waals surface area contributed by atoms with E-state index in [2.05, 4.69) is 10.3 Å². The molecule has 150 valence electrons. The number of nitrogens with one attached hydrogen (secondary N) is 1. The molecule has 0 saturated carbocycles. The Hall–Kier alpha value is -2.89. The third-order valence-electron chi connectivity index (χ3n) is 4.68. The van der Waals surface area contributed by atoms with Crippen molar-refractivity contribution in [3.05, 3.63) is 89.2 Å². The van der Waals surface area contributed by atoms with Crippen LogP contribution in [0.1, 0.15) is 16.7 Å². The minimum Gasteiger partial charge on any atom is -0.512 e. The highest BCUT2D eigenvalue weighted by molar-refractivity contribution is 5.85. The number of ether oxygens (including phenoxy) is 1. The van der Waals surface area contributed by atoms with Gasteiger partial charge in [0.1, 0.15) is 18.2 Å². The van der Waals surface area contributed by atoms with E-state index in [4.69, 9.17) is 4.74 Å². The van der Waals surface area contributed by atoms with E-state index in [1.807, 2.05) is 30.5 Å². The van der Waals surface area contributed by atoms with Gasteiger partial charge in [-0.2, -0.15) is 0 Å².